The van der Waals surface area contributed by atoms with Gasteiger partial charge in [0.2, 0.25) is 12.2 Å². The van der Waals surface area contributed by atoms with Gasteiger partial charge in [-0.2, -0.15) is 0 Å². The van der Waals surface area contributed by atoms with E-state index in [2.05, 4.69) is 20.3 Å². The molecule has 2 aliphatic rings. The van der Waals surface area contributed by atoms with E-state index in [1.807, 2.05) is 6.92 Å². The number of hydrogen-bond donors (Lipinski definition) is 2. The highest BCUT2D eigenvalue weighted by Gasteiger charge is 2.55. The molecular formula is C26H28FN5O6. The van der Waals surface area contributed by atoms with Gasteiger partial charge in [0.15, 0.2) is 11.4 Å². The number of nitrogens with two attached hydrogens (primary N) is 1. The van der Waals surface area contributed by atoms with Crippen molar-refractivity contribution in [3.8, 4) is 22.7 Å². The maximum atomic E-state index is 13.6. The summed E-state index contributed by atoms with van der Waals surface area (Å²) in [7, 11) is 0. The highest BCUT2D eigenvalue weighted by atomic mass is 19.1. The summed E-state index contributed by atoms with van der Waals surface area (Å²) in [5.41, 5.74) is 4.44. The van der Waals surface area contributed by atoms with Crippen LogP contribution in [0.1, 0.15) is 45.3 Å². The van der Waals surface area contributed by atoms with Crippen LogP contribution in [0.3, 0.4) is 0 Å². The topological polar surface area (TPSA) is 152 Å². The van der Waals surface area contributed by atoms with Crippen molar-refractivity contribution in [2.24, 2.45) is 11.1 Å². The number of carbonyl (C=O) groups is 2. The fourth-order valence-electron chi connectivity index (χ4n) is 3.90. The molecule has 0 bridgehead atoms. The van der Waals surface area contributed by atoms with Crippen LogP contribution in [-0.2, 0) is 23.8 Å². The third-order valence-corrected chi connectivity index (χ3v) is 6.42. The molecule has 12 heteroatoms. The lowest BCUT2D eigenvalue weighted by atomic mass is 9.92. The molecule has 5 rings (SSSR count). The molecule has 0 spiro atoms. The molecule has 200 valence electrons. The smallest absolute Gasteiger partial charge is 0.317 e. The largest absolute Gasteiger partial charge is 0.448 e. The number of benzene rings is 1. The van der Waals surface area contributed by atoms with Gasteiger partial charge in [-0.05, 0) is 43.7 Å². The second kappa shape index (κ2) is 10.1. The highest BCUT2D eigenvalue weighted by Crippen LogP contribution is 2.43. The van der Waals surface area contributed by atoms with Crippen LogP contribution >= 0.6 is 0 Å². The molecule has 1 amide bonds. The van der Waals surface area contributed by atoms with Crippen molar-refractivity contribution in [1.29, 1.82) is 0 Å². The first kappa shape index (κ1) is 25.7. The Morgan fingerprint density at radius 3 is 2.50 bits per heavy atom. The van der Waals surface area contributed by atoms with Crippen LogP contribution in [-0.4, -0.2) is 52.2 Å². The fourth-order valence-corrected chi connectivity index (χ4v) is 3.90. The molecule has 0 atom stereocenters. The van der Waals surface area contributed by atoms with E-state index in [4.69, 9.17) is 24.4 Å². The second-order valence-electron chi connectivity index (χ2n) is 9.69. The van der Waals surface area contributed by atoms with Crippen LogP contribution in [0.2, 0.25) is 0 Å². The SMILES string of the molecule is CCCNc1nccc(-c2nc(C3OCC(C)(C(=O)OC4(C(N)=O)CC4)CO3)oc2-c2ccc(F)cc2)n1. The number of carbonyl (C=O) groups excluding carboxylic acids is 2. The minimum Gasteiger partial charge on any atom is -0.448 e. The Hall–Kier alpha value is -3.90. The molecule has 1 aliphatic carbocycles. The summed E-state index contributed by atoms with van der Waals surface area (Å²) in [4.78, 5) is 37.8. The maximum absolute atomic E-state index is 13.6. The number of oxazole rings is 1. The van der Waals surface area contributed by atoms with Gasteiger partial charge in [-0.1, -0.05) is 6.92 Å². The quantitative estimate of drug-likeness (QED) is 0.398. The molecule has 3 heterocycles. The molecule has 38 heavy (non-hydrogen) atoms. The number of hydrogen-bond acceptors (Lipinski definition) is 10. The van der Waals surface area contributed by atoms with Crippen molar-refractivity contribution in [1.82, 2.24) is 15.0 Å². The number of aromatic nitrogens is 3. The minimum absolute atomic E-state index is 0.0620. The summed E-state index contributed by atoms with van der Waals surface area (Å²) >= 11 is 0. The van der Waals surface area contributed by atoms with Gasteiger partial charge in [0, 0.05) is 31.1 Å². The molecule has 0 unspecified atom stereocenters. The van der Waals surface area contributed by atoms with Crippen LogP contribution in [0, 0.1) is 11.2 Å². The Balaban J connectivity index is 1.39. The number of nitrogens with one attached hydrogen (secondary N) is 1. The van der Waals surface area contributed by atoms with Crippen LogP contribution in [0.15, 0.2) is 40.9 Å². The molecule has 2 aromatic heterocycles. The molecule has 3 aromatic rings. The lowest BCUT2D eigenvalue weighted by Gasteiger charge is -2.35. The van der Waals surface area contributed by atoms with Gasteiger partial charge < -0.3 is 29.7 Å². The van der Waals surface area contributed by atoms with Crippen LogP contribution in [0.25, 0.3) is 22.7 Å². The van der Waals surface area contributed by atoms with Crippen molar-refractivity contribution >= 4 is 17.8 Å². The summed E-state index contributed by atoms with van der Waals surface area (Å²) in [6, 6.07) is 7.47. The van der Waals surface area contributed by atoms with E-state index in [0.29, 0.717) is 48.0 Å². The Morgan fingerprint density at radius 2 is 1.87 bits per heavy atom. The summed E-state index contributed by atoms with van der Waals surface area (Å²) in [6.45, 7) is 4.23. The molecule has 11 nitrogen and oxygen atoms in total. The number of amides is 1. The Kier molecular flexibility index (Phi) is 6.84. The third-order valence-electron chi connectivity index (χ3n) is 6.42. The summed E-state index contributed by atoms with van der Waals surface area (Å²) in [5, 5.41) is 3.14. The maximum Gasteiger partial charge on any atom is 0.317 e. The van der Waals surface area contributed by atoms with E-state index < -0.39 is 35.0 Å². The predicted molar refractivity (Wildman–Crippen MR) is 132 cm³/mol. The average Bonchev–Trinajstić information content (AvgIpc) is 3.57. The molecule has 1 saturated heterocycles. The van der Waals surface area contributed by atoms with Gasteiger partial charge in [-0.3, -0.25) is 9.59 Å². The lowest BCUT2D eigenvalue weighted by Crippen LogP contribution is -2.47. The number of rotatable bonds is 9. The van der Waals surface area contributed by atoms with Crippen molar-refractivity contribution in [2.45, 2.75) is 45.0 Å². The van der Waals surface area contributed by atoms with Gasteiger partial charge >= 0.3 is 5.97 Å². The molecule has 3 N–H and O–H groups in total. The molecule has 1 saturated carbocycles. The van der Waals surface area contributed by atoms with Crippen LogP contribution < -0.4 is 11.1 Å². The van der Waals surface area contributed by atoms with Gasteiger partial charge in [-0.25, -0.2) is 19.3 Å². The first-order valence-corrected chi connectivity index (χ1v) is 12.3. The summed E-state index contributed by atoms with van der Waals surface area (Å²) < 4.78 is 36.7. The third kappa shape index (κ3) is 5.09. The van der Waals surface area contributed by atoms with Gasteiger partial charge in [0.1, 0.15) is 16.9 Å². The van der Waals surface area contributed by atoms with Crippen LogP contribution in [0.5, 0.6) is 0 Å². The zero-order valence-electron chi connectivity index (χ0n) is 21.0. The fraction of sp³-hybridized carbons (Fsp3) is 0.423. The van der Waals surface area contributed by atoms with E-state index in [9.17, 15) is 14.0 Å². The number of anilines is 1. The summed E-state index contributed by atoms with van der Waals surface area (Å²) in [6.07, 6.45) is 2.28. The van der Waals surface area contributed by atoms with E-state index in [1.54, 1.807) is 31.3 Å². The number of halogens is 1. The number of ether oxygens (including phenoxy) is 3. The molecule has 0 radical (unpaired) electrons. The van der Waals surface area contributed by atoms with E-state index in [-0.39, 0.29) is 19.1 Å². The Labute approximate surface area is 217 Å². The second-order valence-corrected chi connectivity index (χ2v) is 9.69. The lowest BCUT2D eigenvalue weighted by molar-refractivity contribution is -0.245. The van der Waals surface area contributed by atoms with Gasteiger partial charge in [0.25, 0.3) is 11.8 Å². The van der Waals surface area contributed by atoms with Crippen molar-refractivity contribution < 1.29 is 32.6 Å². The van der Waals surface area contributed by atoms with Gasteiger partial charge in [-0.15, -0.1) is 0 Å². The van der Waals surface area contributed by atoms with E-state index >= 15 is 0 Å². The summed E-state index contributed by atoms with van der Waals surface area (Å²) in [5.74, 6) is -0.798. The van der Waals surface area contributed by atoms with E-state index in [0.717, 1.165) is 6.42 Å². The highest BCUT2D eigenvalue weighted by molar-refractivity contribution is 5.90. The van der Waals surface area contributed by atoms with Crippen molar-refractivity contribution in [3.63, 3.8) is 0 Å². The van der Waals surface area contributed by atoms with Crippen LogP contribution in [0.4, 0.5) is 10.3 Å². The number of esters is 1. The Bertz CT molecular complexity index is 1330. The first-order valence-electron chi connectivity index (χ1n) is 12.3. The Morgan fingerprint density at radius 1 is 1.16 bits per heavy atom. The standard InChI is InChI=1S/C26H28FN5O6/c1-3-11-29-24-30-12-8-17(31-24)18-19(15-4-6-16(27)7-5-15)37-20(32-18)21-35-13-25(2,14-36-21)23(34)38-26(9-10-26)22(28)33/h4-8,12,21H,3,9-11,13-14H2,1-2H3,(H2,28,33)(H,29,30,31). The average molecular weight is 526 g/mol. The predicted octanol–water partition coefficient (Wildman–Crippen LogP) is 3.37. The number of nitrogens with zero attached hydrogens (tertiary/aromatic N) is 3. The first-order chi connectivity index (χ1) is 18.2. The van der Waals surface area contributed by atoms with Crippen molar-refractivity contribution in [3.05, 3.63) is 48.2 Å². The normalized spacial score (nSPS) is 22.0. The van der Waals surface area contributed by atoms with Gasteiger partial charge in [0.05, 0.1) is 18.9 Å². The molecule has 2 fully saturated rings. The minimum atomic E-state index is -1.24. The molecular weight excluding hydrogens is 497 g/mol. The zero-order valence-corrected chi connectivity index (χ0v) is 21.0. The van der Waals surface area contributed by atoms with E-state index in [1.165, 1.54) is 12.1 Å². The monoisotopic (exact) mass is 525 g/mol. The van der Waals surface area contributed by atoms with Crippen molar-refractivity contribution in [2.75, 3.05) is 25.1 Å². The molecule has 1 aliphatic heterocycles. The molecule has 1 aromatic carbocycles. The number of primary amides is 1. The zero-order chi connectivity index (χ0) is 26.9.